The van der Waals surface area contributed by atoms with Gasteiger partial charge in [-0.1, -0.05) is 115 Å². The van der Waals surface area contributed by atoms with Crippen LogP contribution in [-0.4, -0.2) is 98.2 Å². The van der Waals surface area contributed by atoms with E-state index in [1.54, 1.807) is 12.2 Å². The van der Waals surface area contributed by atoms with E-state index in [-0.39, 0.29) is 50.1 Å². The number of aliphatic hydroxyl groups is 2. The summed E-state index contributed by atoms with van der Waals surface area (Å²) in [6, 6.07) is 0. The summed E-state index contributed by atoms with van der Waals surface area (Å²) in [7, 11) is 1.03. The predicted molar refractivity (Wildman–Crippen MR) is 223 cm³/mol. The second kappa shape index (κ2) is 31.9. The molecule has 0 aromatic rings. The summed E-state index contributed by atoms with van der Waals surface area (Å²) in [5.41, 5.74) is 0. The number of hydrogen-bond acceptors (Lipinski definition) is 11. The van der Waals surface area contributed by atoms with Crippen LogP contribution in [0.25, 0.3) is 0 Å². The van der Waals surface area contributed by atoms with Crippen molar-refractivity contribution in [3.8, 4) is 0 Å². The van der Waals surface area contributed by atoms with E-state index in [0.29, 0.717) is 36.7 Å². The third-order valence-corrected chi connectivity index (χ3v) is 11.3. The number of carbonyl (C=O) groups excluding carboxylic acids is 3. The molecule has 1 fully saturated rings. The number of esters is 2. The molecule has 1 unspecified atom stereocenters. The van der Waals surface area contributed by atoms with Gasteiger partial charge in [0.2, 0.25) is 0 Å². The lowest BCUT2D eigenvalue weighted by Crippen LogP contribution is -2.37. The number of unbranched alkanes of at least 4 members (excludes halogenated alkanes) is 14. The fourth-order valence-corrected chi connectivity index (χ4v) is 7.52. The van der Waals surface area contributed by atoms with Gasteiger partial charge in [0.05, 0.1) is 40.0 Å². The molecule has 2 N–H and O–H groups in total. The molecule has 332 valence electrons. The van der Waals surface area contributed by atoms with E-state index in [2.05, 4.69) is 26.0 Å². The molecule has 0 heterocycles. The Kier molecular flexibility index (Phi) is 29.7. The van der Waals surface area contributed by atoms with Crippen molar-refractivity contribution in [1.29, 1.82) is 0 Å². The maximum atomic E-state index is 12.7. The monoisotopic (exact) mass is 830 g/mol. The molecule has 1 aliphatic carbocycles. The van der Waals surface area contributed by atoms with E-state index in [1.165, 1.54) is 25.7 Å². The number of carbonyl (C=O) groups is 3. The number of ketones is 1. The zero-order valence-electron chi connectivity index (χ0n) is 36.3. The Bertz CT molecular complexity index is 1190. The second-order valence-electron chi connectivity index (χ2n) is 16.8. The maximum Gasteiger partial charge on any atom is 0.306 e. The quantitative estimate of drug-likeness (QED) is 0.0205. The Morgan fingerprint density at radius 3 is 2.05 bits per heavy atom. The van der Waals surface area contributed by atoms with Crippen LogP contribution in [0.4, 0.5) is 0 Å². The summed E-state index contributed by atoms with van der Waals surface area (Å²) in [4.78, 5) is 50.2. The summed E-state index contributed by atoms with van der Waals surface area (Å²) < 4.78 is 33.8. The fourth-order valence-electron chi connectivity index (χ4n) is 6.79. The largest absolute Gasteiger partial charge is 0.756 e. The number of hydrogen-bond donors (Lipinski definition) is 2. The van der Waals surface area contributed by atoms with E-state index in [0.717, 1.165) is 77.0 Å². The molecular formula is C44H80NO11P. The first-order valence-corrected chi connectivity index (χ1v) is 23.6. The highest BCUT2D eigenvalue weighted by atomic mass is 31.2. The Balaban J connectivity index is 2.48. The molecule has 13 heteroatoms. The molecule has 1 saturated carbocycles. The molecule has 0 spiro atoms. The van der Waals surface area contributed by atoms with Crippen molar-refractivity contribution in [2.45, 2.75) is 180 Å². The van der Waals surface area contributed by atoms with Gasteiger partial charge in [0, 0.05) is 25.2 Å². The summed E-state index contributed by atoms with van der Waals surface area (Å²) in [6.07, 6.45) is 25.4. The second-order valence-corrected chi connectivity index (χ2v) is 18.3. The average molecular weight is 830 g/mol. The Labute approximate surface area is 345 Å². The van der Waals surface area contributed by atoms with E-state index < -0.39 is 44.7 Å². The summed E-state index contributed by atoms with van der Waals surface area (Å²) in [5, 5.41) is 20.8. The molecule has 0 aromatic carbocycles. The first kappa shape index (κ1) is 53.1. The van der Waals surface area contributed by atoms with Gasteiger partial charge in [0.1, 0.15) is 25.5 Å². The van der Waals surface area contributed by atoms with Crippen LogP contribution in [-0.2, 0) is 37.5 Å². The number of phosphoric ester groups is 1. The highest BCUT2D eigenvalue weighted by Crippen LogP contribution is 2.38. The minimum atomic E-state index is -4.68. The van der Waals surface area contributed by atoms with Crippen LogP contribution in [0.2, 0.25) is 0 Å². The highest BCUT2D eigenvalue weighted by molar-refractivity contribution is 7.45. The lowest BCUT2D eigenvalue weighted by Gasteiger charge is -2.28. The Hall–Kier alpha value is -1.92. The van der Waals surface area contributed by atoms with Crippen molar-refractivity contribution in [3.05, 3.63) is 24.3 Å². The van der Waals surface area contributed by atoms with Crippen molar-refractivity contribution in [1.82, 2.24) is 0 Å². The van der Waals surface area contributed by atoms with Gasteiger partial charge < -0.3 is 38.1 Å². The van der Waals surface area contributed by atoms with Crippen molar-refractivity contribution < 1.29 is 57.1 Å². The third-order valence-electron chi connectivity index (χ3n) is 10.4. The van der Waals surface area contributed by atoms with Crippen molar-refractivity contribution in [3.63, 3.8) is 0 Å². The highest BCUT2D eigenvalue weighted by Gasteiger charge is 2.39. The van der Waals surface area contributed by atoms with Crippen LogP contribution in [0.5, 0.6) is 0 Å². The molecule has 57 heavy (non-hydrogen) atoms. The van der Waals surface area contributed by atoms with E-state index in [4.69, 9.17) is 18.5 Å². The van der Waals surface area contributed by atoms with Gasteiger partial charge in [-0.05, 0) is 57.3 Å². The van der Waals surface area contributed by atoms with Gasteiger partial charge in [0.25, 0.3) is 7.82 Å². The number of aliphatic hydroxyl groups excluding tert-OH is 2. The predicted octanol–water partition coefficient (Wildman–Crippen LogP) is 8.31. The lowest BCUT2D eigenvalue weighted by molar-refractivity contribution is -0.870. The minimum Gasteiger partial charge on any atom is -0.756 e. The van der Waals surface area contributed by atoms with Gasteiger partial charge in [0.15, 0.2) is 6.10 Å². The topological polar surface area (TPSA) is 169 Å². The number of Topliss-reactive ketones (excluding diaryl/α,β-unsaturated/α-hetero) is 1. The maximum absolute atomic E-state index is 12.7. The van der Waals surface area contributed by atoms with Crippen LogP contribution in [0, 0.1) is 11.8 Å². The molecular weight excluding hydrogens is 749 g/mol. The first-order chi connectivity index (χ1) is 27.2. The normalized spacial score (nSPS) is 19.6. The number of ether oxygens (including phenoxy) is 2. The van der Waals surface area contributed by atoms with E-state index >= 15 is 0 Å². The van der Waals surface area contributed by atoms with E-state index in [1.807, 2.05) is 21.1 Å². The van der Waals surface area contributed by atoms with Gasteiger partial charge in [-0.2, -0.15) is 0 Å². The summed E-state index contributed by atoms with van der Waals surface area (Å²) in [6.45, 7) is 3.82. The first-order valence-electron chi connectivity index (χ1n) is 22.1. The molecule has 0 amide bonds. The average Bonchev–Trinajstić information content (AvgIpc) is 3.41. The van der Waals surface area contributed by atoms with Crippen molar-refractivity contribution >= 4 is 25.5 Å². The van der Waals surface area contributed by atoms with Crippen LogP contribution < -0.4 is 4.89 Å². The van der Waals surface area contributed by atoms with Crippen LogP contribution >= 0.6 is 7.82 Å². The van der Waals surface area contributed by atoms with Gasteiger partial charge in [-0.15, -0.1) is 0 Å². The zero-order valence-corrected chi connectivity index (χ0v) is 37.1. The third kappa shape index (κ3) is 29.0. The summed E-state index contributed by atoms with van der Waals surface area (Å²) >= 11 is 0. The Morgan fingerprint density at radius 2 is 1.40 bits per heavy atom. The molecule has 1 rings (SSSR count). The van der Waals surface area contributed by atoms with Gasteiger partial charge in [-0.3, -0.25) is 18.9 Å². The number of phosphoric acid groups is 1. The SMILES string of the molecule is CCCCCC/C=C\CCCCCCCC(=O)O[C@H](COC(=O)CCCCCC[C@H]1[C@@H](O)CC(=O)[C@@H]1/C=C/[C@@H](O)CCCCC)COP(=O)([O-])OCC[N+](C)(C)C. The smallest absolute Gasteiger partial charge is 0.306 e. The molecule has 1 aliphatic rings. The molecule has 0 bridgehead atoms. The molecule has 0 aromatic heterocycles. The van der Waals surface area contributed by atoms with Crippen LogP contribution in [0.3, 0.4) is 0 Å². The fraction of sp³-hybridized carbons (Fsp3) is 0.841. The number of likely N-dealkylation sites (N-methyl/N-ethyl adjacent to an activating group) is 1. The van der Waals surface area contributed by atoms with Crippen LogP contribution in [0.1, 0.15) is 162 Å². The summed E-state index contributed by atoms with van der Waals surface area (Å²) in [5.74, 6) is -1.57. The van der Waals surface area contributed by atoms with Crippen LogP contribution in [0.15, 0.2) is 24.3 Å². The minimum absolute atomic E-state index is 0.00437. The van der Waals surface area contributed by atoms with Crippen molar-refractivity contribution in [2.24, 2.45) is 11.8 Å². The van der Waals surface area contributed by atoms with E-state index in [9.17, 15) is 34.1 Å². The molecule has 6 atom stereocenters. The molecule has 12 nitrogen and oxygen atoms in total. The lowest BCUT2D eigenvalue weighted by atomic mass is 9.88. The number of nitrogens with zero attached hydrogens (tertiary/aromatic N) is 1. The molecule has 0 aliphatic heterocycles. The van der Waals surface area contributed by atoms with Gasteiger partial charge in [-0.25, -0.2) is 0 Å². The molecule has 0 saturated heterocycles. The number of quaternary nitrogens is 1. The molecule has 0 radical (unpaired) electrons. The van der Waals surface area contributed by atoms with Gasteiger partial charge >= 0.3 is 11.9 Å². The standard InChI is InChI=1S/C44H80NO11P/c1-6-8-10-11-12-13-14-15-16-17-18-19-25-29-44(50)56-38(36-55-57(51,52)54-33-32-45(3,4)5)35-53-43(49)28-24-21-20-23-27-39-40(42(48)34-41(39)47)31-30-37(46)26-22-9-7-2/h13-14,30-31,37-41,46-47H,6-12,15-29,32-36H2,1-5H3/b14-13-,31-30+/t37-,38+,39+,40+,41-/m0/s1. The zero-order chi connectivity index (χ0) is 42.4. The number of allylic oxidation sites excluding steroid dienone is 3. The number of rotatable bonds is 36. The van der Waals surface area contributed by atoms with Crippen molar-refractivity contribution in [2.75, 3.05) is 47.5 Å². The Morgan fingerprint density at radius 1 is 0.825 bits per heavy atom.